The Labute approximate surface area is 113 Å². The van der Waals surface area contributed by atoms with Gasteiger partial charge in [-0.3, -0.25) is 4.79 Å². The molecule has 1 fully saturated rings. The molecule has 1 saturated carbocycles. The second-order valence-electron chi connectivity index (χ2n) is 5.02. The molecule has 1 aromatic rings. The average Bonchev–Trinajstić information content (AvgIpc) is 2.92. The molecule has 4 heteroatoms. The summed E-state index contributed by atoms with van der Waals surface area (Å²) < 4.78 is 13.3. The molecule has 1 aliphatic rings. The van der Waals surface area contributed by atoms with Gasteiger partial charge in [0, 0.05) is 12.6 Å². The van der Waals surface area contributed by atoms with Crippen molar-refractivity contribution >= 4 is 5.91 Å². The number of rotatable bonds is 6. The smallest absolute Gasteiger partial charge is 0.254 e. The van der Waals surface area contributed by atoms with Gasteiger partial charge >= 0.3 is 0 Å². The Hall–Kier alpha value is -1.42. The number of benzene rings is 1. The first-order valence-corrected chi connectivity index (χ1v) is 7.03. The molecule has 0 saturated heterocycles. The lowest BCUT2D eigenvalue weighted by molar-refractivity contribution is 0.0949. The van der Waals surface area contributed by atoms with Crippen molar-refractivity contribution in [1.29, 1.82) is 0 Å². The van der Waals surface area contributed by atoms with E-state index < -0.39 is 5.82 Å². The van der Waals surface area contributed by atoms with Gasteiger partial charge < -0.3 is 10.6 Å². The molecule has 0 heterocycles. The zero-order chi connectivity index (χ0) is 13.5. The predicted molar refractivity (Wildman–Crippen MR) is 73.6 cm³/mol. The molecule has 0 unspecified atom stereocenters. The van der Waals surface area contributed by atoms with Gasteiger partial charge in [0.25, 0.3) is 5.91 Å². The molecule has 19 heavy (non-hydrogen) atoms. The Morgan fingerprint density at radius 1 is 1.21 bits per heavy atom. The number of carbonyl (C=O) groups is 1. The average molecular weight is 264 g/mol. The molecule has 0 spiro atoms. The Balaban J connectivity index is 1.62. The maximum atomic E-state index is 13.3. The lowest BCUT2D eigenvalue weighted by Crippen LogP contribution is -2.31. The largest absolute Gasteiger partial charge is 0.352 e. The molecule has 0 radical (unpaired) electrons. The van der Waals surface area contributed by atoms with Crippen LogP contribution in [0.4, 0.5) is 4.39 Å². The molecule has 0 atom stereocenters. The van der Waals surface area contributed by atoms with Crippen LogP contribution in [0.2, 0.25) is 0 Å². The number of amides is 1. The van der Waals surface area contributed by atoms with Crippen molar-refractivity contribution in [2.24, 2.45) is 0 Å². The maximum Gasteiger partial charge on any atom is 0.254 e. The molecular weight excluding hydrogens is 243 g/mol. The topological polar surface area (TPSA) is 41.1 Å². The minimum Gasteiger partial charge on any atom is -0.352 e. The van der Waals surface area contributed by atoms with E-state index in [4.69, 9.17) is 0 Å². The minimum absolute atomic E-state index is 0.117. The van der Waals surface area contributed by atoms with Crippen LogP contribution in [0, 0.1) is 5.82 Å². The van der Waals surface area contributed by atoms with Gasteiger partial charge in [-0.1, -0.05) is 25.0 Å². The van der Waals surface area contributed by atoms with Gasteiger partial charge in [-0.15, -0.1) is 0 Å². The van der Waals surface area contributed by atoms with Gasteiger partial charge in [0.1, 0.15) is 5.82 Å². The second-order valence-corrected chi connectivity index (χ2v) is 5.02. The SMILES string of the molecule is O=C(NCCCNC1CCCC1)c1ccccc1F. The fourth-order valence-electron chi connectivity index (χ4n) is 2.47. The zero-order valence-electron chi connectivity index (χ0n) is 11.1. The third-order valence-corrected chi connectivity index (χ3v) is 3.55. The van der Waals surface area contributed by atoms with Crippen LogP contribution in [0.15, 0.2) is 24.3 Å². The number of carbonyl (C=O) groups excluding carboxylic acids is 1. The molecule has 104 valence electrons. The third-order valence-electron chi connectivity index (χ3n) is 3.55. The molecule has 1 aliphatic carbocycles. The van der Waals surface area contributed by atoms with Crippen LogP contribution in [-0.2, 0) is 0 Å². The molecule has 0 aliphatic heterocycles. The lowest BCUT2D eigenvalue weighted by Gasteiger charge is -2.11. The molecule has 2 N–H and O–H groups in total. The Kier molecular flexibility index (Phi) is 5.33. The Bertz CT molecular complexity index is 416. The van der Waals surface area contributed by atoms with Crippen LogP contribution >= 0.6 is 0 Å². The van der Waals surface area contributed by atoms with Gasteiger partial charge in [-0.2, -0.15) is 0 Å². The van der Waals surface area contributed by atoms with Crippen molar-refractivity contribution < 1.29 is 9.18 Å². The minimum atomic E-state index is -0.468. The molecule has 0 aromatic heterocycles. The van der Waals surface area contributed by atoms with Crippen molar-refractivity contribution in [3.8, 4) is 0 Å². The van der Waals surface area contributed by atoms with Crippen molar-refractivity contribution in [2.75, 3.05) is 13.1 Å². The summed E-state index contributed by atoms with van der Waals surface area (Å²) in [4.78, 5) is 11.7. The molecule has 1 amide bonds. The highest BCUT2D eigenvalue weighted by molar-refractivity contribution is 5.94. The first kappa shape index (κ1) is 14.0. The molecule has 1 aromatic carbocycles. The summed E-state index contributed by atoms with van der Waals surface area (Å²) in [5.74, 6) is -0.803. The van der Waals surface area contributed by atoms with Gasteiger partial charge in [0.2, 0.25) is 0 Å². The lowest BCUT2D eigenvalue weighted by atomic mass is 10.2. The van der Waals surface area contributed by atoms with Crippen LogP contribution < -0.4 is 10.6 Å². The third kappa shape index (κ3) is 4.31. The van der Waals surface area contributed by atoms with E-state index in [1.807, 2.05) is 0 Å². The second kappa shape index (κ2) is 7.24. The van der Waals surface area contributed by atoms with Crippen molar-refractivity contribution in [3.05, 3.63) is 35.6 Å². The van der Waals surface area contributed by atoms with E-state index in [-0.39, 0.29) is 11.5 Å². The predicted octanol–water partition coefficient (Wildman–Crippen LogP) is 2.48. The number of nitrogens with one attached hydrogen (secondary N) is 2. The summed E-state index contributed by atoms with van der Waals surface area (Å²) in [5.41, 5.74) is 0.117. The first-order chi connectivity index (χ1) is 9.27. The first-order valence-electron chi connectivity index (χ1n) is 7.03. The van der Waals surface area contributed by atoms with E-state index in [1.165, 1.54) is 37.8 Å². The highest BCUT2D eigenvalue weighted by Gasteiger charge is 2.13. The summed E-state index contributed by atoms with van der Waals surface area (Å²) >= 11 is 0. The molecular formula is C15H21FN2O. The Morgan fingerprint density at radius 3 is 2.68 bits per heavy atom. The summed E-state index contributed by atoms with van der Waals surface area (Å²) in [6.07, 6.45) is 6.04. The fraction of sp³-hybridized carbons (Fsp3) is 0.533. The monoisotopic (exact) mass is 264 g/mol. The number of halogens is 1. The van der Waals surface area contributed by atoms with Gasteiger partial charge in [-0.25, -0.2) is 4.39 Å². The zero-order valence-corrected chi connectivity index (χ0v) is 11.1. The summed E-state index contributed by atoms with van der Waals surface area (Å²) in [6.45, 7) is 1.48. The quantitative estimate of drug-likeness (QED) is 0.775. The Morgan fingerprint density at radius 2 is 1.95 bits per heavy atom. The number of hydrogen-bond acceptors (Lipinski definition) is 2. The maximum absolute atomic E-state index is 13.3. The summed E-state index contributed by atoms with van der Waals surface area (Å²) in [5, 5.41) is 6.23. The van der Waals surface area contributed by atoms with Crippen LogP contribution in [0.25, 0.3) is 0 Å². The molecule has 0 bridgehead atoms. The van der Waals surface area contributed by atoms with Crippen molar-refractivity contribution in [3.63, 3.8) is 0 Å². The highest BCUT2D eigenvalue weighted by Crippen LogP contribution is 2.17. The van der Waals surface area contributed by atoms with E-state index in [0.717, 1.165) is 13.0 Å². The van der Waals surface area contributed by atoms with E-state index in [9.17, 15) is 9.18 Å². The van der Waals surface area contributed by atoms with E-state index in [1.54, 1.807) is 12.1 Å². The van der Waals surface area contributed by atoms with Gasteiger partial charge in [0.15, 0.2) is 0 Å². The normalized spacial score (nSPS) is 15.6. The van der Waals surface area contributed by atoms with Gasteiger partial charge in [-0.05, 0) is 37.9 Å². The summed E-state index contributed by atoms with van der Waals surface area (Å²) in [7, 11) is 0. The molecule has 2 rings (SSSR count). The van der Waals surface area contributed by atoms with E-state index in [2.05, 4.69) is 10.6 Å². The van der Waals surface area contributed by atoms with E-state index in [0.29, 0.717) is 12.6 Å². The standard InChI is InChI=1S/C15H21FN2O/c16-14-9-4-3-8-13(14)15(19)18-11-5-10-17-12-6-1-2-7-12/h3-4,8-9,12,17H,1-2,5-7,10-11H2,(H,18,19). The van der Waals surface area contributed by atoms with Crippen LogP contribution in [-0.4, -0.2) is 25.0 Å². The van der Waals surface area contributed by atoms with Crippen molar-refractivity contribution in [1.82, 2.24) is 10.6 Å². The van der Waals surface area contributed by atoms with Crippen LogP contribution in [0.5, 0.6) is 0 Å². The van der Waals surface area contributed by atoms with Crippen molar-refractivity contribution in [2.45, 2.75) is 38.1 Å². The number of hydrogen-bond donors (Lipinski definition) is 2. The highest BCUT2D eigenvalue weighted by atomic mass is 19.1. The van der Waals surface area contributed by atoms with Gasteiger partial charge in [0.05, 0.1) is 5.56 Å². The fourth-order valence-corrected chi connectivity index (χ4v) is 2.47. The van der Waals surface area contributed by atoms with Crippen LogP contribution in [0.1, 0.15) is 42.5 Å². The summed E-state index contributed by atoms with van der Waals surface area (Å²) in [6, 6.07) is 6.71. The van der Waals surface area contributed by atoms with Crippen LogP contribution in [0.3, 0.4) is 0 Å². The molecule has 3 nitrogen and oxygen atoms in total. The van der Waals surface area contributed by atoms with E-state index >= 15 is 0 Å².